The van der Waals surface area contributed by atoms with Gasteiger partial charge in [0.05, 0.1) is 22.2 Å². The first-order chi connectivity index (χ1) is 24.3. The number of piperazine rings is 1. The van der Waals surface area contributed by atoms with E-state index in [0.717, 1.165) is 61.0 Å². The molecule has 1 saturated carbocycles. The van der Waals surface area contributed by atoms with Crippen LogP contribution in [0.25, 0.3) is 22.4 Å². The molecule has 1 aromatic heterocycles. The Labute approximate surface area is 290 Å². The van der Waals surface area contributed by atoms with Crippen LogP contribution in [-0.2, 0) is 11.4 Å². The number of urea groups is 1. The van der Waals surface area contributed by atoms with Crippen molar-refractivity contribution in [3.63, 3.8) is 0 Å². The van der Waals surface area contributed by atoms with E-state index in [9.17, 15) is 19.5 Å². The van der Waals surface area contributed by atoms with Crippen LogP contribution in [0.4, 0.5) is 20.6 Å². The molecule has 0 radical (unpaired) electrons. The van der Waals surface area contributed by atoms with Crippen LogP contribution in [-0.4, -0.2) is 76.7 Å². The van der Waals surface area contributed by atoms with E-state index in [4.69, 9.17) is 9.72 Å². The van der Waals surface area contributed by atoms with Crippen LogP contribution in [0.5, 0.6) is 5.75 Å². The highest BCUT2D eigenvalue weighted by Crippen LogP contribution is 2.38. The van der Waals surface area contributed by atoms with Crippen molar-refractivity contribution < 1.29 is 28.6 Å². The zero-order valence-electron chi connectivity index (χ0n) is 28.4. The maximum atomic E-state index is 16.1. The molecule has 7 rings (SSSR count). The second-order valence-electron chi connectivity index (χ2n) is 13.3. The Bertz CT molecular complexity index is 1910. The fraction of sp³-hybridized carbons (Fsp3) is 0.421. The Morgan fingerprint density at radius 1 is 0.960 bits per heavy atom. The van der Waals surface area contributed by atoms with Gasteiger partial charge in [0.25, 0.3) is 0 Å². The molecule has 1 aliphatic carbocycles. The van der Waals surface area contributed by atoms with Gasteiger partial charge in [-0.25, -0.2) is 19.0 Å². The standard InChI is InChI=1S/C38H43FN6O5/c1-2-40-38(49)43-19-17-42(18-20-43)33-15-11-28(44-16-6-9-35(44)46)21-26(33)24-50-29-12-13-30(31(39)23-29)36-41-32-22-25(37(47)48)10-14-34(32)45(36)27-7-4-3-5-8-27/h10-15,21-23,27H,2-9,16-20,24H2,1H3,(H,40,49)(H,47,48). The van der Waals surface area contributed by atoms with Crippen LogP contribution in [0.1, 0.15) is 73.8 Å². The second-order valence-corrected chi connectivity index (χ2v) is 13.3. The molecule has 3 aromatic carbocycles. The number of aromatic carboxylic acids is 1. The molecule has 2 aliphatic heterocycles. The Hall–Kier alpha value is -5.13. The van der Waals surface area contributed by atoms with Gasteiger partial charge in [-0.15, -0.1) is 0 Å². The molecule has 50 heavy (non-hydrogen) atoms. The number of nitrogens with zero attached hydrogens (tertiary/aromatic N) is 5. The topological polar surface area (TPSA) is 120 Å². The van der Waals surface area contributed by atoms with Gasteiger partial charge in [0.2, 0.25) is 5.91 Å². The quantitative estimate of drug-likeness (QED) is 0.204. The number of carboxylic acid groups (broad SMARTS) is 1. The molecular formula is C38H43FN6O5. The lowest BCUT2D eigenvalue weighted by Gasteiger charge is -2.37. The van der Waals surface area contributed by atoms with Crippen molar-refractivity contribution in [3.05, 3.63) is 71.5 Å². The maximum Gasteiger partial charge on any atom is 0.335 e. The van der Waals surface area contributed by atoms with Gasteiger partial charge in [0.15, 0.2) is 0 Å². The van der Waals surface area contributed by atoms with Gasteiger partial charge in [0.1, 0.15) is 24.0 Å². The molecule has 2 saturated heterocycles. The highest BCUT2D eigenvalue weighted by atomic mass is 19.1. The van der Waals surface area contributed by atoms with Crippen molar-refractivity contribution >= 4 is 40.3 Å². The largest absolute Gasteiger partial charge is 0.489 e. The minimum Gasteiger partial charge on any atom is -0.489 e. The molecular weight excluding hydrogens is 639 g/mol. The highest BCUT2D eigenvalue weighted by molar-refractivity contribution is 5.96. The molecule has 0 unspecified atom stereocenters. The van der Waals surface area contributed by atoms with Gasteiger partial charge in [0, 0.05) is 74.7 Å². The second kappa shape index (κ2) is 14.4. The van der Waals surface area contributed by atoms with Crippen LogP contribution in [0, 0.1) is 5.82 Å². The average molecular weight is 683 g/mol. The van der Waals surface area contributed by atoms with E-state index in [1.54, 1.807) is 35.2 Å². The first kappa shape index (κ1) is 33.4. The number of hydrogen-bond acceptors (Lipinski definition) is 6. The number of fused-ring (bicyclic) bond motifs is 1. The Morgan fingerprint density at radius 3 is 2.46 bits per heavy atom. The predicted octanol–water partition coefficient (Wildman–Crippen LogP) is 6.60. The first-order valence-corrected chi connectivity index (χ1v) is 17.7. The monoisotopic (exact) mass is 682 g/mol. The van der Waals surface area contributed by atoms with E-state index in [1.807, 2.05) is 30.0 Å². The van der Waals surface area contributed by atoms with Crippen molar-refractivity contribution in [2.45, 2.75) is 64.5 Å². The molecule has 3 aliphatic rings. The van der Waals surface area contributed by atoms with Gasteiger partial charge in [-0.3, -0.25) is 4.79 Å². The molecule has 262 valence electrons. The lowest BCUT2D eigenvalue weighted by molar-refractivity contribution is -0.117. The number of benzene rings is 3. The molecule has 11 nitrogen and oxygen atoms in total. The van der Waals surface area contributed by atoms with E-state index in [-0.39, 0.29) is 30.2 Å². The predicted molar refractivity (Wildman–Crippen MR) is 189 cm³/mol. The summed E-state index contributed by atoms with van der Waals surface area (Å²) in [6, 6.07) is 15.7. The van der Waals surface area contributed by atoms with Crippen molar-refractivity contribution in [2.24, 2.45) is 0 Å². The number of aromatic nitrogens is 2. The summed E-state index contributed by atoms with van der Waals surface area (Å²) in [7, 11) is 0. The number of rotatable bonds is 9. The third kappa shape index (κ3) is 6.71. The third-order valence-corrected chi connectivity index (χ3v) is 10.1. The van der Waals surface area contributed by atoms with E-state index in [0.29, 0.717) is 68.3 Å². The fourth-order valence-electron chi connectivity index (χ4n) is 7.56. The lowest BCUT2D eigenvalue weighted by atomic mass is 9.94. The number of amides is 3. The number of carboxylic acids is 1. The summed E-state index contributed by atoms with van der Waals surface area (Å²) in [5, 5.41) is 12.4. The Kier molecular flexibility index (Phi) is 9.60. The Morgan fingerprint density at radius 2 is 1.76 bits per heavy atom. The van der Waals surface area contributed by atoms with Crippen molar-refractivity contribution in [1.82, 2.24) is 19.8 Å². The van der Waals surface area contributed by atoms with Crippen LogP contribution < -0.4 is 19.9 Å². The summed E-state index contributed by atoms with van der Waals surface area (Å²) >= 11 is 0. The van der Waals surface area contributed by atoms with Crippen molar-refractivity contribution in [2.75, 3.05) is 49.1 Å². The van der Waals surface area contributed by atoms with Gasteiger partial charge >= 0.3 is 12.0 Å². The number of carbonyl (C=O) groups excluding carboxylic acids is 2. The maximum absolute atomic E-state index is 16.1. The van der Waals surface area contributed by atoms with Gasteiger partial charge in [-0.2, -0.15) is 0 Å². The number of nitrogens with one attached hydrogen (secondary N) is 1. The van der Waals surface area contributed by atoms with Crippen LogP contribution in [0.15, 0.2) is 54.6 Å². The normalized spacial score (nSPS) is 17.1. The number of anilines is 2. The summed E-state index contributed by atoms with van der Waals surface area (Å²) in [4.78, 5) is 47.3. The molecule has 0 bridgehead atoms. The van der Waals surface area contributed by atoms with Gasteiger partial charge in [-0.05, 0) is 74.7 Å². The number of imidazole rings is 1. The van der Waals surface area contributed by atoms with Crippen LogP contribution in [0.2, 0.25) is 0 Å². The van der Waals surface area contributed by atoms with Gasteiger partial charge in [-0.1, -0.05) is 19.3 Å². The summed E-state index contributed by atoms with van der Waals surface area (Å²) in [6.45, 7) is 5.74. The molecule has 3 heterocycles. The molecule has 12 heteroatoms. The molecule has 0 spiro atoms. The highest BCUT2D eigenvalue weighted by Gasteiger charge is 2.27. The van der Waals surface area contributed by atoms with E-state index < -0.39 is 11.8 Å². The average Bonchev–Trinajstić information content (AvgIpc) is 3.74. The zero-order valence-corrected chi connectivity index (χ0v) is 28.4. The number of carbonyl (C=O) groups is 3. The number of ether oxygens (including phenoxy) is 1. The summed E-state index contributed by atoms with van der Waals surface area (Å²) in [5.74, 6) is -0.580. The molecule has 3 fully saturated rings. The minimum absolute atomic E-state index is 0.0663. The molecule has 3 amide bonds. The first-order valence-electron chi connectivity index (χ1n) is 17.7. The summed E-state index contributed by atoms with van der Waals surface area (Å²) in [6.07, 6.45) is 6.55. The van der Waals surface area contributed by atoms with Crippen molar-refractivity contribution in [3.8, 4) is 17.1 Å². The smallest absolute Gasteiger partial charge is 0.335 e. The van der Waals surface area contributed by atoms with Crippen molar-refractivity contribution in [1.29, 1.82) is 0 Å². The Balaban J connectivity index is 1.16. The zero-order chi connectivity index (χ0) is 34.8. The SMILES string of the molecule is CCNC(=O)N1CCN(c2ccc(N3CCCC3=O)cc2COc2ccc(-c3nc4cc(C(=O)O)ccc4n3C3CCCCC3)c(F)c2)CC1. The van der Waals surface area contributed by atoms with Crippen LogP contribution >= 0.6 is 0 Å². The van der Waals surface area contributed by atoms with E-state index >= 15 is 4.39 Å². The number of hydrogen-bond donors (Lipinski definition) is 2. The molecule has 0 atom stereocenters. The minimum atomic E-state index is -1.03. The number of halogens is 1. The summed E-state index contributed by atoms with van der Waals surface area (Å²) in [5.41, 5.74) is 4.43. The lowest BCUT2D eigenvalue weighted by Crippen LogP contribution is -2.52. The van der Waals surface area contributed by atoms with Gasteiger partial charge < -0.3 is 34.4 Å². The molecule has 2 N–H and O–H groups in total. The summed E-state index contributed by atoms with van der Waals surface area (Å²) < 4.78 is 24.4. The fourth-order valence-corrected chi connectivity index (χ4v) is 7.56. The van der Waals surface area contributed by atoms with E-state index in [1.165, 1.54) is 6.07 Å². The van der Waals surface area contributed by atoms with E-state index in [2.05, 4.69) is 14.8 Å². The molecule has 4 aromatic rings. The van der Waals surface area contributed by atoms with Crippen LogP contribution in [0.3, 0.4) is 0 Å². The third-order valence-electron chi connectivity index (χ3n) is 10.1.